The number of methoxy groups -OCH3 is 1. The van der Waals surface area contributed by atoms with Gasteiger partial charge in [0.05, 0.1) is 0 Å². The second-order valence-corrected chi connectivity index (χ2v) is 0.408. The van der Waals surface area contributed by atoms with Gasteiger partial charge in [-0.25, -0.2) is 0 Å². The third-order valence-electron chi connectivity index (χ3n) is 0.204. The Labute approximate surface area is 26.6 Å². The van der Waals surface area contributed by atoms with Crippen molar-refractivity contribution in [2.24, 2.45) is 0 Å². The lowest BCUT2D eigenvalue weighted by molar-refractivity contribution is 0.282. The molecule has 0 amide bonds. The molecule has 0 rings (SSSR count). The van der Waals surface area contributed by atoms with E-state index in [-0.39, 0.29) is 0 Å². The Hall–Kier alpha value is -0.0400. The maximum Gasteiger partial charge on any atom is 0.128 e. The molecule has 1 nitrogen and oxygen atoms in total. The molecule has 0 fully saturated rings. The van der Waals surface area contributed by atoms with Crippen molar-refractivity contribution in [1.82, 2.24) is 0 Å². The first-order chi connectivity index (χ1) is 1.91. The van der Waals surface area contributed by atoms with Crippen molar-refractivity contribution in [2.45, 2.75) is 6.92 Å². The molecule has 0 bridgehead atoms. The van der Waals surface area contributed by atoms with Crippen LogP contribution < -0.4 is 0 Å². The molecular weight excluding hydrogens is 52.0 g/mol. The SMILES string of the molecule is C[C]OC. The second-order valence-electron chi connectivity index (χ2n) is 0.408. The van der Waals surface area contributed by atoms with Crippen LogP contribution in [0, 0.1) is 6.61 Å². The van der Waals surface area contributed by atoms with Gasteiger partial charge in [0.25, 0.3) is 0 Å². The van der Waals surface area contributed by atoms with Crippen LogP contribution in [0.5, 0.6) is 0 Å². The molecule has 1 heteroatoms. The van der Waals surface area contributed by atoms with Crippen molar-refractivity contribution < 1.29 is 4.74 Å². The lowest BCUT2D eigenvalue weighted by atomic mass is 10.9. The van der Waals surface area contributed by atoms with Gasteiger partial charge in [-0.1, -0.05) is 0 Å². The number of hydrogen-bond acceptors (Lipinski definition) is 1. The molecule has 0 spiro atoms. The molecule has 0 atom stereocenters. The van der Waals surface area contributed by atoms with Gasteiger partial charge in [0.1, 0.15) is 6.61 Å². The van der Waals surface area contributed by atoms with Crippen LogP contribution in [0.25, 0.3) is 0 Å². The fourth-order valence-corrected chi connectivity index (χ4v) is 0. The highest BCUT2D eigenvalue weighted by Crippen LogP contribution is 1.63. The van der Waals surface area contributed by atoms with Crippen LogP contribution in [0.15, 0.2) is 0 Å². The minimum absolute atomic E-state index is 1.57. The Kier molecular flexibility index (Phi) is 2.93. The van der Waals surface area contributed by atoms with E-state index in [9.17, 15) is 0 Å². The summed E-state index contributed by atoms with van der Waals surface area (Å²) in [5.41, 5.74) is 0. The largest absolute Gasteiger partial charge is 0.372 e. The van der Waals surface area contributed by atoms with Crippen LogP contribution in [0.4, 0.5) is 0 Å². The quantitative estimate of drug-likeness (QED) is 0.431. The minimum Gasteiger partial charge on any atom is -0.372 e. The third kappa shape index (κ3) is 1.96. The smallest absolute Gasteiger partial charge is 0.128 e. The summed E-state index contributed by atoms with van der Waals surface area (Å²) in [4.78, 5) is 0. The van der Waals surface area contributed by atoms with Crippen LogP contribution in [0.2, 0.25) is 0 Å². The van der Waals surface area contributed by atoms with E-state index in [0.717, 1.165) is 0 Å². The van der Waals surface area contributed by atoms with E-state index in [4.69, 9.17) is 0 Å². The van der Waals surface area contributed by atoms with Gasteiger partial charge in [-0.2, -0.15) is 0 Å². The van der Waals surface area contributed by atoms with Gasteiger partial charge < -0.3 is 4.74 Å². The van der Waals surface area contributed by atoms with Gasteiger partial charge in [0.2, 0.25) is 0 Å². The Morgan fingerprint density at radius 3 is 2.00 bits per heavy atom. The molecule has 0 saturated carbocycles. The molecule has 0 unspecified atom stereocenters. The average Bonchev–Trinajstić information content (AvgIpc) is 1.37. The van der Waals surface area contributed by atoms with Crippen molar-refractivity contribution in [2.75, 3.05) is 7.11 Å². The Balaban J connectivity index is 1.97. The van der Waals surface area contributed by atoms with Crippen LogP contribution >= 0.6 is 0 Å². The van der Waals surface area contributed by atoms with Crippen LogP contribution in [0.3, 0.4) is 0 Å². The molecule has 0 aromatic carbocycles. The number of hydrogen-bond donors (Lipinski definition) is 0. The van der Waals surface area contributed by atoms with Gasteiger partial charge >= 0.3 is 0 Å². The molecule has 0 aromatic rings. The molecule has 4 heavy (non-hydrogen) atoms. The van der Waals surface area contributed by atoms with Crippen LogP contribution in [-0.4, -0.2) is 7.11 Å². The van der Waals surface area contributed by atoms with E-state index in [1.54, 1.807) is 14.0 Å². The summed E-state index contributed by atoms with van der Waals surface area (Å²) in [5.74, 6) is 0. The molecule has 0 saturated heterocycles. The summed E-state index contributed by atoms with van der Waals surface area (Å²) in [6.45, 7) is 4.14. The van der Waals surface area contributed by atoms with Crippen molar-refractivity contribution >= 4 is 0 Å². The van der Waals surface area contributed by atoms with E-state index in [1.807, 2.05) is 0 Å². The Morgan fingerprint density at radius 1 is 1.75 bits per heavy atom. The molecule has 0 aliphatic rings. The minimum atomic E-state index is 1.57. The lowest BCUT2D eigenvalue weighted by Gasteiger charge is -1.73. The summed E-state index contributed by atoms with van der Waals surface area (Å²) in [7, 11) is 1.57. The van der Waals surface area contributed by atoms with Crippen molar-refractivity contribution in [1.29, 1.82) is 0 Å². The topological polar surface area (TPSA) is 9.23 Å². The highest BCUT2D eigenvalue weighted by atomic mass is 16.5. The standard InChI is InChI=1S/C3H6O/c1-3-4-2/h1-2H3. The van der Waals surface area contributed by atoms with Crippen molar-refractivity contribution in [3.05, 3.63) is 6.61 Å². The first-order valence-electron chi connectivity index (χ1n) is 1.11. The van der Waals surface area contributed by atoms with E-state index in [2.05, 4.69) is 11.3 Å². The second kappa shape index (κ2) is 2.96. The van der Waals surface area contributed by atoms with Gasteiger partial charge in [0.15, 0.2) is 0 Å². The predicted molar refractivity (Wildman–Crippen MR) is 15.9 cm³/mol. The summed E-state index contributed by atoms with van der Waals surface area (Å²) < 4.78 is 4.29. The lowest BCUT2D eigenvalue weighted by Crippen LogP contribution is -1.63. The molecule has 0 aromatic heterocycles. The van der Waals surface area contributed by atoms with E-state index < -0.39 is 0 Å². The Morgan fingerprint density at radius 2 is 2.00 bits per heavy atom. The van der Waals surface area contributed by atoms with E-state index in [1.165, 1.54) is 0 Å². The molecule has 0 heterocycles. The average molecular weight is 58.1 g/mol. The zero-order valence-corrected chi connectivity index (χ0v) is 2.91. The molecule has 0 aliphatic heterocycles. The van der Waals surface area contributed by atoms with Gasteiger partial charge in [-0.15, -0.1) is 0 Å². The fraction of sp³-hybridized carbons (Fsp3) is 0.667. The predicted octanol–water partition coefficient (Wildman–Crippen LogP) is 0.691. The van der Waals surface area contributed by atoms with Gasteiger partial charge in [-0.05, 0) is 6.92 Å². The number of rotatable bonds is 1. The van der Waals surface area contributed by atoms with Crippen molar-refractivity contribution in [3.8, 4) is 0 Å². The maximum atomic E-state index is 4.29. The molecule has 24 valence electrons. The zero-order valence-electron chi connectivity index (χ0n) is 2.91. The molecule has 0 N–H and O–H groups in total. The summed E-state index contributed by atoms with van der Waals surface area (Å²) in [6.07, 6.45) is 0. The fourth-order valence-electron chi connectivity index (χ4n) is 0. The highest BCUT2D eigenvalue weighted by Gasteiger charge is 1.55. The summed E-state index contributed by atoms with van der Waals surface area (Å²) >= 11 is 0. The van der Waals surface area contributed by atoms with Gasteiger partial charge in [0, 0.05) is 7.11 Å². The molecular formula is C3H6O. The Bertz CT molecular complexity index is 5.25. The van der Waals surface area contributed by atoms with Crippen LogP contribution in [-0.2, 0) is 4.74 Å². The van der Waals surface area contributed by atoms with E-state index in [0.29, 0.717) is 0 Å². The highest BCUT2D eigenvalue weighted by molar-refractivity contribution is 4.23. The number of ether oxygens (including phenoxy) is 1. The summed E-state index contributed by atoms with van der Waals surface area (Å²) in [5, 5.41) is 0. The summed E-state index contributed by atoms with van der Waals surface area (Å²) in [6, 6.07) is 0. The van der Waals surface area contributed by atoms with Crippen molar-refractivity contribution in [3.63, 3.8) is 0 Å². The maximum absolute atomic E-state index is 4.29. The zero-order chi connectivity index (χ0) is 3.41. The van der Waals surface area contributed by atoms with E-state index >= 15 is 0 Å². The monoisotopic (exact) mass is 58.0 g/mol. The first kappa shape index (κ1) is 3.96. The van der Waals surface area contributed by atoms with Crippen LogP contribution in [0.1, 0.15) is 6.92 Å². The third-order valence-corrected chi connectivity index (χ3v) is 0.204. The first-order valence-corrected chi connectivity index (χ1v) is 1.11. The van der Waals surface area contributed by atoms with Gasteiger partial charge in [-0.3, -0.25) is 0 Å². The normalized spacial score (nSPS) is 7.50. The molecule has 0 aliphatic carbocycles. The molecule has 2 radical (unpaired) electrons.